The summed E-state index contributed by atoms with van der Waals surface area (Å²) < 4.78 is 0. The van der Waals surface area contributed by atoms with Gasteiger partial charge < -0.3 is 10.4 Å². The molecule has 1 fully saturated rings. The third kappa shape index (κ3) is 1.29. The molecule has 1 aliphatic heterocycles. The van der Waals surface area contributed by atoms with Crippen LogP contribution in [0.2, 0.25) is 0 Å². The number of carbonyl (C=O) groups excluding carboxylic acids is 2. The number of hydrogen-bond donors (Lipinski definition) is 3. The summed E-state index contributed by atoms with van der Waals surface area (Å²) in [5.41, 5.74) is 0. The third-order valence-electron chi connectivity index (χ3n) is 1.45. The smallest absolute Gasteiger partial charge is 0.323 e. The van der Waals surface area contributed by atoms with Crippen LogP contribution in [0.5, 0.6) is 0 Å². The quantitative estimate of drug-likeness (QED) is 0.423. The minimum Gasteiger partial charge on any atom is -0.371 e. The number of urea groups is 1. The van der Waals surface area contributed by atoms with Gasteiger partial charge in [0.1, 0.15) is 0 Å². The molecule has 3 amide bonds. The van der Waals surface area contributed by atoms with Crippen molar-refractivity contribution in [3.05, 3.63) is 0 Å². The highest BCUT2D eigenvalue weighted by atomic mass is 35.5. The van der Waals surface area contributed by atoms with Crippen LogP contribution in [0.15, 0.2) is 0 Å². The van der Waals surface area contributed by atoms with E-state index in [4.69, 9.17) is 16.7 Å². The Bertz CT molecular complexity index is 216. The van der Waals surface area contributed by atoms with Gasteiger partial charge in [-0.25, -0.2) is 4.79 Å². The van der Waals surface area contributed by atoms with Crippen LogP contribution in [0.25, 0.3) is 0 Å². The molecule has 1 aliphatic rings. The maximum atomic E-state index is 10.9. The van der Waals surface area contributed by atoms with Crippen molar-refractivity contribution in [2.75, 3.05) is 0 Å². The van der Waals surface area contributed by atoms with E-state index in [2.05, 4.69) is 5.32 Å². The lowest BCUT2D eigenvalue weighted by molar-refractivity contribution is -0.127. The van der Waals surface area contributed by atoms with Crippen LogP contribution in [0, 0.1) is 0 Å². The minimum atomic E-state index is -1.48. The molecular weight excluding hydrogens is 172 g/mol. The second-order valence-electron chi connectivity index (χ2n) is 2.41. The molecule has 6 heteroatoms. The van der Waals surface area contributed by atoms with Crippen LogP contribution in [-0.2, 0) is 4.79 Å². The molecule has 5 nitrogen and oxygen atoms in total. The van der Waals surface area contributed by atoms with E-state index >= 15 is 0 Å². The molecule has 62 valence electrons. The average molecular weight is 179 g/mol. The molecule has 0 aromatic heterocycles. The molecule has 3 N–H and O–H groups in total. The molecule has 1 saturated heterocycles. The fourth-order valence-corrected chi connectivity index (χ4v) is 0.747. The molecule has 1 heterocycles. The van der Waals surface area contributed by atoms with Crippen LogP contribution < -0.4 is 10.6 Å². The Hall–Kier alpha value is -0.810. The summed E-state index contributed by atoms with van der Waals surface area (Å²) in [4.78, 5) is 19.9. The van der Waals surface area contributed by atoms with E-state index in [-0.39, 0.29) is 0 Å². The second kappa shape index (κ2) is 2.35. The molecule has 0 bridgehead atoms. The maximum Gasteiger partial charge on any atom is 0.323 e. The molecular formula is C5H7ClN2O3. The zero-order valence-electron chi connectivity index (χ0n) is 5.72. The standard InChI is InChI=1S/C5H7ClN2O3/c1-5(6)2(9)7-4(11)8-3(5)10/h2,9H,1H3,(H2,7,8,10,11)/t2-,5+/m1/s1. The summed E-state index contributed by atoms with van der Waals surface area (Å²) >= 11 is 5.56. The monoisotopic (exact) mass is 178 g/mol. The van der Waals surface area contributed by atoms with Gasteiger partial charge in [0.25, 0.3) is 5.91 Å². The SMILES string of the molecule is C[C@@]1(Cl)C(=O)NC(=O)N[C@@H]1O. The lowest BCUT2D eigenvalue weighted by Gasteiger charge is -2.31. The number of carbonyl (C=O) groups is 2. The highest BCUT2D eigenvalue weighted by Gasteiger charge is 2.44. The zero-order valence-corrected chi connectivity index (χ0v) is 6.47. The van der Waals surface area contributed by atoms with Gasteiger partial charge in [0, 0.05) is 0 Å². The molecule has 0 saturated carbocycles. The van der Waals surface area contributed by atoms with Gasteiger partial charge in [-0.1, -0.05) is 0 Å². The van der Waals surface area contributed by atoms with Crippen molar-refractivity contribution in [3.63, 3.8) is 0 Å². The summed E-state index contributed by atoms with van der Waals surface area (Å²) in [6.45, 7) is 1.31. The molecule has 2 atom stereocenters. The fourth-order valence-electron chi connectivity index (χ4n) is 0.645. The Morgan fingerprint density at radius 2 is 2.18 bits per heavy atom. The first-order valence-electron chi connectivity index (χ1n) is 2.93. The Labute approximate surface area is 67.7 Å². The van der Waals surface area contributed by atoms with E-state index in [0.717, 1.165) is 0 Å². The number of halogens is 1. The van der Waals surface area contributed by atoms with E-state index in [1.54, 1.807) is 0 Å². The highest BCUT2D eigenvalue weighted by Crippen LogP contribution is 2.20. The van der Waals surface area contributed by atoms with Crippen molar-refractivity contribution in [2.24, 2.45) is 0 Å². The summed E-state index contributed by atoms with van der Waals surface area (Å²) in [6, 6.07) is -0.736. The number of aliphatic hydroxyl groups excluding tert-OH is 1. The van der Waals surface area contributed by atoms with Gasteiger partial charge >= 0.3 is 6.03 Å². The molecule has 0 radical (unpaired) electrons. The van der Waals surface area contributed by atoms with Gasteiger partial charge in [0.15, 0.2) is 11.1 Å². The van der Waals surface area contributed by atoms with Crippen molar-refractivity contribution in [1.82, 2.24) is 10.6 Å². The van der Waals surface area contributed by atoms with Crippen molar-refractivity contribution in [2.45, 2.75) is 18.0 Å². The normalized spacial score (nSPS) is 37.9. The van der Waals surface area contributed by atoms with Gasteiger partial charge in [-0.3, -0.25) is 10.1 Å². The maximum absolute atomic E-state index is 10.9. The zero-order chi connectivity index (χ0) is 8.65. The molecule has 11 heavy (non-hydrogen) atoms. The Kier molecular flexibility index (Phi) is 1.77. The lowest BCUT2D eigenvalue weighted by atomic mass is 10.1. The molecule has 1 rings (SSSR count). The molecule has 0 unspecified atom stereocenters. The number of rotatable bonds is 0. The van der Waals surface area contributed by atoms with E-state index in [1.807, 2.05) is 5.32 Å². The number of alkyl halides is 1. The van der Waals surface area contributed by atoms with Gasteiger partial charge in [0.05, 0.1) is 0 Å². The van der Waals surface area contributed by atoms with Gasteiger partial charge in [-0.05, 0) is 6.92 Å². The van der Waals surface area contributed by atoms with Crippen molar-refractivity contribution < 1.29 is 14.7 Å². The minimum absolute atomic E-state index is 0.699. The molecule has 0 aliphatic carbocycles. The number of amides is 3. The van der Waals surface area contributed by atoms with E-state index in [9.17, 15) is 9.59 Å². The number of aliphatic hydroxyl groups is 1. The van der Waals surface area contributed by atoms with Crippen molar-refractivity contribution in [1.29, 1.82) is 0 Å². The Morgan fingerprint density at radius 1 is 1.64 bits per heavy atom. The van der Waals surface area contributed by atoms with Crippen molar-refractivity contribution >= 4 is 23.5 Å². The lowest BCUT2D eigenvalue weighted by Crippen LogP contribution is -2.65. The summed E-state index contributed by atoms with van der Waals surface area (Å²) in [5.74, 6) is -0.699. The van der Waals surface area contributed by atoms with Crippen LogP contribution >= 0.6 is 11.6 Å². The first-order valence-corrected chi connectivity index (χ1v) is 3.31. The first-order chi connectivity index (χ1) is 4.94. The predicted molar refractivity (Wildman–Crippen MR) is 36.9 cm³/mol. The van der Waals surface area contributed by atoms with E-state index in [0.29, 0.717) is 0 Å². The number of hydrogen-bond acceptors (Lipinski definition) is 3. The molecule has 0 aromatic carbocycles. The van der Waals surface area contributed by atoms with E-state index in [1.165, 1.54) is 6.92 Å². The molecule has 0 spiro atoms. The summed E-state index contributed by atoms with van der Waals surface area (Å²) in [7, 11) is 0. The van der Waals surface area contributed by atoms with Gasteiger partial charge in [-0.15, -0.1) is 11.6 Å². The first kappa shape index (κ1) is 8.29. The van der Waals surface area contributed by atoms with Crippen LogP contribution in [0.4, 0.5) is 4.79 Å². The Balaban J connectivity index is 2.84. The van der Waals surface area contributed by atoms with Gasteiger partial charge in [0.2, 0.25) is 0 Å². The van der Waals surface area contributed by atoms with Crippen LogP contribution in [-0.4, -0.2) is 28.1 Å². The second-order valence-corrected chi connectivity index (χ2v) is 3.19. The fraction of sp³-hybridized carbons (Fsp3) is 0.600. The third-order valence-corrected chi connectivity index (χ3v) is 1.83. The number of imide groups is 1. The number of nitrogens with one attached hydrogen (secondary N) is 2. The Morgan fingerprint density at radius 3 is 2.64 bits per heavy atom. The molecule has 0 aromatic rings. The van der Waals surface area contributed by atoms with Crippen LogP contribution in [0.1, 0.15) is 6.92 Å². The van der Waals surface area contributed by atoms with E-state index < -0.39 is 23.0 Å². The van der Waals surface area contributed by atoms with Crippen LogP contribution in [0.3, 0.4) is 0 Å². The topological polar surface area (TPSA) is 78.4 Å². The van der Waals surface area contributed by atoms with Gasteiger partial charge in [-0.2, -0.15) is 0 Å². The average Bonchev–Trinajstić information content (AvgIpc) is 1.84. The largest absolute Gasteiger partial charge is 0.371 e. The highest BCUT2D eigenvalue weighted by molar-refractivity contribution is 6.36. The van der Waals surface area contributed by atoms with Crippen molar-refractivity contribution in [3.8, 4) is 0 Å². The summed E-state index contributed by atoms with van der Waals surface area (Å²) in [6.07, 6.45) is -1.34. The predicted octanol–water partition coefficient (Wildman–Crippen LogP) is -0.858. The summed E-state index contributed by atoms with van der Waals surface area (Å²) in [5, 5.41) is 13.0.